The Balaban J connectivity index is 1.54. The van der Waals surface area contributed by atoms with Crippen molar-refractivity contribution in [3.05, 3.63) is 54.1 Å². The van der Waals surface area contributed by atoms with Crippen LogP contribution in [0.15, 0.2) is 43.0 Å². The summed E-state index contributed by atoms with van der Waals surface area (Å²) in [6.45, 7) is 2.57. The minimum Gasteiger partial charge on any atom is -0.391 e. The van der Waals surface area contributed by atoms with Gasteiger partial charge < -0.3 is 20.3 Å². The van der Waals surface area contributed by atoms with Crippen molar-refractivity contribution in [2.24, 2.45) is 5.92 Å². The van der Waals surface area contributed by atoms with Crippen molar-refractivity contribution in [1.29, 1.82) is 0 Å². The van der Waals surface area contributed by atoms with Gasteiger partial charge in [-0.2, -0.15) is 0 Å². The summed E-state index contributed by atoms with van der Waals surface area (Å²) in [4.78, 5) is 16.1. The molecule has 3 rings (SSSR count). The first kappa shape index (κ1) is 14.7. The van der Waals surface area contributed by atoms with Crippen LogP contribution in [0.5, 0.6) is 0 Å². The molecule has 2 unspecified atom stereocenters. The number of hydrogen-bond donors (Lipinski definition) is 3. The first-order chi connectivity index (χ1) is 10.7. The van der Waals surface area contributed by atoms with E-state index in [-0.39, 0.29) is 17.9 Å². The second-order valence-corrected chi connectivity index (χ2v) is 5.63. The lowest BCUT2D eigenvalue weighted by Crippen LogP contribution is -2.34. The zero-order valence-corrected chi connectivity index (χ0v) is 12.3. The van der Waals surface area contributed by atoms with E-state index in [1.54, 1.807) is 12.5 Å². The molecule has 6 nitrogen and oxygen atoms in total. The third-order valence-corrected chi connectivity index (χ3v) is 3.97. The second kappa shape index (κ2) is 6.72. The number of aromatic nitrogens is 2. The summed E-state index contributed by atoms with van der Waals surface area (Å²) in [5.41, 5.74) is 1.75. The highest BCUT2D eigenvalue weighted by Gasteiger charge is 2.25. The number of carbonyl (C=O) groups excluding carboxylic acids is 1. The van der Waals surface area contributed by atoms with E-state index in [0.29, 0.717) is 18.7 Å². The number of aliphatic hydroxyl groups excluding tert-OH is 1. The molecular formula is C16H20N4O2. The van der Waals surface area contributed by atoms with E-state index in [9.17, 15) is 9.90 Å². The quantitative estimate of drug-likeness (QED) is 0.739. The first-order valence-electron chi connectivity index (χ1n) is 7.44. The van der Waals surface area contributed by atoms with Crippen LogP contribution in [-0.4, -0.2) is 46.3 Å². The third-order valence-electron chi connectivity index (χ3n) is 3.97. The van der Waals surface area contributed by atoms with Crippen LogP contribution in [0.1, 0.15) is 15.9 Å². The maximum atomic E-state index is 12.1. The van der Waals surface area contributed by atoms with Crippen molar-refractivity contribution in [1.82, 2.24) is 20.2 Å². The van der Waals surface area contributed by atoms with Crippen LogP contribution in [-0.2, 0) is 6.54 Å². The molecule has 2 aromatic rings. The van der Waals surface area contributed by atoms with E-state index in [0.717, 1.165) is 18.7 Å². The lowest BCUT2D eigenvalue weighted by Gasteiger charge is -2.14. The Morgan fingerprint density at radius 2 is 2.18 bits per heavy atom. The molecule has 0 aliphatic carbocycles. The molecule has 0 radical (unpaired) electrons. The van der Waals surface area contributed by atoms with Gasteiger partial charge in [-0.25, -0.2) is 4.98 Å². The van der Waals surface area contributed by atoms with Crippen LogP contribution in [0.2, 0.25) is 0 Å². The summed E-state index contributed by atoms with van der Waals surface area (Å²) in [7, 11) is 0. The number of aliphatic hydroxyl groups is 1. The SMILES string of the molecule is O=C(NCC1CNCC1O)c1ccc(Cn2ccnc2)cc1. The van der Waals surface area contributed by atoms with Crippen LogP contribution in [0.3, 0.4) is 0 Å². The Morgan fingerprint density at radius 1 is 1.36 bits per heavy atom. The standard InChI is InChI=1S/C16H20N4O2/c21-15-9-18-7-14(15)8-19-16(22)13-3-1-12(2-4-13)10-20-6-5-17-11-20/h1-6,11,14-15,18,21H,7-10H2,(H,19,22). The van der Waals surface area contributed by atoms with Gasteiger partial charge in [0.2, 0.25) is 0 Å². The van der Waals surface area contributed by atoms with Gasteiger partial charge in [0.05, 0.1) is 12.4 Å². The van der Waals surface area contributed by atoms with Crippen molar-refractivity contribution in [3.63, 3.8) is 0 Å². The number of imidazole rings is 1. The predicted molar refractivity (Wildman–Crippen MR) is 82.5 cm³/mol. The zero-order chi connectivity index (χ0) is 15.4. The summed E-state index contributed by atoms with van der Waals surface area (Å²) in [6.07, 6.45) is 5.04. The van der Waals surface area contributed by atoms with Crippen molar-refractivity contribution < 1.29 is 9.90 Å². The van der Waals surface area contributed by atoms with Crippen molar-refractivity contribution in [3.8, 4) is 0 Å². The number of β-amino-alcohol motifs (C(OH)–C–C–N with tert-alkyl or cyclic N) is 1. The van der Waals surface area contributed by atoms with Gasteiger partial charge >= 0.3 is 0 Å². The van der Waals surface area contributed by atoms with Crippen LogP contribution >= 0.6 is 0 Å². The highest BCUT2D eigenvalue weighted by Crippen LogP contribution is 2.09. The molecule has 1 aromatic heterocycles. The van der Waals surface area contributed by atoms with E-state index in [2.05, 4.69) is 15.6 Å². The number of benzene rings is 1. The molecule has 1 fully saturated rings. The van der Waals surface area contributed by atoms with Gasteiger partial charge in [-0.15, -0.1) is 0 Å². The Kier molecular flexibility index (Phi) is 4.50. The summed E-state index contributed by atoms with van der Waals surface area (Å²) in [5, 5.41) is 15.7. The van der Waals surface area contributed by atoms with E-state index in [1.165, 1.54) is 0 Å². The molecule has 0 spiro atoms. The van der Waals surface area contributed by atoms with E-state index in [4.69, 9.17) is 0 Å². The van der Waals surface area contributed by atoms with Crippen molar-refractivity contribution in [2.75, 3.05) is 19.6 Å². The topological polar surface area (TPSA) is 79.2 Å². The highest BCUT2D eigenvalue weighted by atomic mass is 16.3. The smallest absolute Gasteiger partial charge is 0.251 e. The molecule has 1 aliphatic rings. The summed E-state index contributed by atoms with van der Waals surface area (Å²) in [6, 6.07) is 7.54. The largest absolute Gasteiger partial charge is 0.391 e. The Hall–Kier alpha value is -2.18. The van der Waals surface area contributed by atoms with E-state index in [1.807, 2.05) is 35.0 Å². The summed E-state index contributed by atoms with van der Waals surface area (Å²) >= 11 is 0. The normalized spacial score (nSPS) is 21.0. The Bertz CT molecular complexity index is 610. The lowest BCUT2D eigenvalue weighted by atomic mass is 10.1. The van der Waals surface area contributed by atoms with Crippen LogP contribution in [0, 0.1) is 5.92 Å². The monoisotopic (exact) mass is 300 g/mol. The number of hydrogen-bond acceptors (Lipinski definition) is 4. The van der Waals surface area contributed by atoms with Gasteiger partial charge in [0, 0.05) is 50.1 Å². The summed E-state index contributed by atoms with van der Waals surface area (Å²) < 4.78 is 1.98. The average molecular weight is 300 g/mol. The van der Waals surface area contributed by atoms with Crippen molar-refractivity contribution in [2.45, 2.75) is 12.6 Å². The lowest BCUT2D eigenvalue weighted by molar-refractivity contribution is 0.0927. The minimum absolute atomic E-state index is 0.0875. The Labute approximate surface area is 129 Å². The fraction of sp³-hybridized carbons (Fsp3) is 0.375. The van der Waals surface area contributed by atoms with Crippen LogP contribution in [0.4, 0.5) is 0 Å². The zero-order valence-electron chi connectivity index (χ0n) is 12.3. The fourth-order valence-electron chi connectivity index (χ4n) is 2.61. The molecule has 6 heteroatoms. The molecule has 0 saturated carbocycles. The Morgan fingerprint density at radius 3 is 2.82 bits per heavy atom. The predicted octanol–water partition coefficient (Wildman–Crippen LogP) is 0.242. The van der Waals surface area contributed by atoms with Gasteiger partial charge in [0.1, 0.15) is 0 Å². The van der Waals surface area contributed by atoms with Gasteiger partial charge in [0.15, 0.2) is 0 Å². The molecule has 1 aliphatic heterocycles. The molecule has 22 heavy (non-hydrogen) atoms. The molecule has 1 aromatic carbocycles. The minimum atomic E-state index is -0.377. The van der Waals surface area contributed by atoms with E-state index < -0.39 is 0 Å². The molecular weight excluding hydrogens is 280 g/mol. The molecule has 116 valence electrons. The number of rotatable bonds is 5. The van der Waals surface area contributed by atoms with Crippen LogP contribution < -0.4 is 10.6 Å². The number of carbonyl (C=O) groups is 1. The second-order valence-electron chi connectivity index (χ2n) is 5.63. The van der Waals surface area contributed by atoms with Gasteiger partial charge in [-0.3, -0.25) is 4.79 Å². The van der Waals surface area contributed by atoms with Crippen LogP contribution in [0.25, 0.3) is 0 Å². The molecule has 2 heterocycles. The van der Waals surface area contributed by atoms with Crippen molar-refractivity contribution >= 4 is 5.91 Å². The maximum Gasteiger partial charge on any atom is 0.251 e. The third kappa shape index (κ3) is 3.52. The molecule has 2 atom stereocenters. The first-order valence-corrected chi connectivity index (χ1v) is 7.44. The number of nitrogens with one attached hydrogen (secondary N) is 2. The van der Waals surface area contributed by atoms with Gasteiger partial charge in [-0.05, 0) is 17.7 Å². The molecule has 1 saturated heterocycles. The molecule has 0 bridgehead atoms. The van der Waals surface area contributed by atoms with Gasteiger partial charge in [0.25, 0.3) is 5.91 Å². The fourth-order valence-corrected chi connectivity index (χ4v) is 2.61. The molecule has 1 amide bonds. The number of amides is 1. The average Bonchev–Trinajstić information content (AvgIpc) is 3.17. The molecule has 3 N–H and O–H groups in total. The van der Waals surface area contributed by atoms with E-state index >= 15 is 0 Å². The summed E-state index contributed by atoms with van der Waals surface area (Å²) in [5.74, 6) is -0.0160. The highest BCUT2D eigenvalue weighted by molar-refractivity contribution is 5.94. The van der Waals surface area contributed by atoms with Gasteiger partial charge in [-0.1, -0.05) is 12.1 Å². The maximum absolute atomic E-state index is 12.1. The number of nitrogens with zero attached hydrogens (tertiary/aromatic N) is 2.